The molecule has 0 unspecified atom stereocenters. The molecular weight excluding hydrogens is 340 g/mol. The Morgan fingerprint density at radius 3 is 1.54 bits per heavy atom. The third kappa shape index (κ3) is 4.27. The molecule has 1 aromatic heterocycles. The molecule has 7 heteroatoms. The number of pyridine rings is 1. The lowest BCUT2D eigenvalue weighted by Gasteiger charge is -2.07. The number of hydrogen-bond donors (Lipinski definition) is 2. The summed E-state index contributed by atoms with van der Waals surface area (Å²) < 4.78 is 26.4. The van der Waals surface area contributed by atoms with E-state index in [1.807, 2.05) is 0 Å². The first-order chi connectivity index (χ1) is 12.5. The van der Waals surface area contributed by atoms with Gasteiger partial charge in [-0.2, -0.15) is 0 Å². The monoisotopic (exact) mass is 353 g/mol. The van der Waals surface area contributed by atoms with E-state index >= 15 is 0 Å². The highest BCUT2D eigenvalue weighted by Crippen LogP contribution is 2.13. The Morgan fingerprint density at radius 2 is 1.12 bits per heavy atom. The Morgan fingerprint density at radius 1 is 0.692 bits per heavy atom. The van der Waals surface area contributed by atoms with E-state index in [-0.39, 0.29) is 22.8 Å². The summed E-state index contributed by atoms with van der Waals surface area (Å²) >= 11 is 0. The second-order valence-electron chi connectivity index (χ2n) is 5.34. The van der Waals surface area contributed by atoms with E-state index in [1.165, 1.54) is 66.7 Å². The molecule has 0 spiro atoms. The van der Waals surface area contributed by atoms with Crippen molar-refractivity contribution in [2.45, 2.75) is 0 Å². The molecule has 5 nitrogen and oxygen atoms in total. The van der Waals surface area contributed by atoms with Crippen LogP contribution in [0.25, 0.3) is 0 Å². The number of rotatable bonds is 4. The third-order valence-corrected chi connectivity index (χ3v) is 3.38. The van der Waals surface area contributed by atoms with Crippen LogP contribution in [0, 0.1) is 11.6 Å². The van der Waals surface area contributed by atoms with Crippen molar-refractivity contribution in [1.82, 2.24) is 4.98 Å². The molecule has 0 bridgehead atoms. The number of aromatic nitrogens is 1. The highest BCUT2D eigenvalue weighted by Gasteiger charge is 2.13. The molecule has 0 atom stereocenters. The minimum atomic E-state index is -0.587. The summed E-state index contributed by atoms with van der Waals surface area (Å²) in [6.45, 7) is 0. The molecule has 2 aromatic carbocycles. The Kier molecular flexibility index (Phi) is 4.98. The molecule has 130 valence electrons. The van der Waals surface area contributed by atoms with Gasteiger partial charge in [0.25, 0.3) is 11.8 Å². The molecule has 2 amide bonds. The van der Waals surface area contributed by atoms with E-state index in [1.54, 1.807) is 0 Å². The number of amides is 2. The number of carbonyl (C=O) groups is 2. The van der Waals surface area contributed by atoms with Gasteiger partial charge in [-0.05, 0) is 48.5 Å². The van der Waals surface area contributed by atoms with Crippen LogP contribution >= 0.6 is 0 Å². The highest BCUT2D eigenvalue weighted by atomic mass is 19.1. The summed E-state index contributed by atoms with van der Waals surface area (Å²) in [6.07, 6.45) is 0. The van der Waals surface area contributed by atoms with Gasteiger partial charge in [0.1, 0.15) is 23.0 Å². The van der Waals surface area contributed by atoms with Crippen LogP contribution < -0.4 is 10.6 Å². The minimum Gasteiger partial charge on any atom is -0.321 e. The second kappa shape index (κ2) is 7.52. The van der Waals surface area contributed by atoms with Gasteiger partial charge in [-0.15, -0.1) is 0 Å². The molecule has 3 rings (SSSR count). The van der Waals surface area contributed by atoms with Gasteiger partial charge in [0.05, 0.1) is 0 Å². The maximum atomic E-state index is 13.2. The average Bonchev–Trinajstić information content (AvgIpc) is 2.62. The number of halogens is 2. The van der Waals surface area contributed by atoms with Crippen LogP contribution in [0.1, 0.15) is 21.0 Å². The van der Waals surface area contributed by atoms with Crippen molar-refractivity contribution in [3.8, 4) is 0 Å². The summed E-state index contributed by atoms with van der Waals surface area (Å²) in [5.74, 6) is -2.15. The van der Waals surface area contributed by atoms with Crippen LogP contribution in [0.3, 0.4) is 0 Å². The Balaban J connectivity index is 1.75. The number of anilines is 2. The zero-order valence-corrected chi connectivity index (χ0v) is 13.4. The quantitative estimate of drug-likeness (QED) is 0.748. The molecule has 2 N–H and O–H groups in total. The fraction of sp³-hybridized carbons (Fsp3) is 0. The Bertz CT molecular complexity index is 902. The van der Waals surface area contributed by atoms with E-state index in [0.29, 0.717) is 0 Å². The van der Waals surface area contributed by atoms with Gasteiger partial charge in [-0.25, -0.2) is 13.8 Å². The summed E-state index contributed by atoms with van der Waals surface area (Å²) in [5.41, 5.74) is 0.514. The van der Waals surface area contributed by atoms with E-state index in [2.05, 4.69) is 15.6 Å². The summed E-state index contributed by atoms with van der Waals surface area (Å²) in [4.78, 5) is 28.4. The first kappa shape index (κ1) is 17.2. The number of benzene rings is 2. The van der Waals surface area contributed by atoms with Gasteiger partial charge in [-0.1, -0.05) is 18.2 Å². The summed E-state index contributed by atoms with van der Waals surface area (Å²) in [6, 6.07) is 15.2. The largest absolute Gasteiger partial charge is 0.321 e. The van der Waals surface area contributed by atoms with Crippen LogP contribution in [0.4, 0.5) is 20.2 Å². The Hall–Kier alpha value is -3.61. The van der Waals surface area contributed by atoms with Crippen LogP contribution in [-0.4, -0.2) is 16.8 Å². The van der Waals surface area contributed by atoms with Gasteiger partial charge < -0.3 is 10.6 Å². The minimum absolute atomic E-state index is 0.0128. The molecule has 0 saturated carbocycles. The van der Waals surface area contributed by atoms with Crippen LogP contribution in [0.5, 0.6) is 0 Å². The van der Waals surface area contributed by atoms with E-state index in [9.17, 15) is 18.4 Å². The maximum absolute atomic E-state index is 13.2. The van der Waals surface area contributed by atoms with Crippen LogP contribution in [-0.2, 0) is 0 Å². The standard InChI is InChI=1S/C19H13F2N3O2/c20-12-4-1-6-14(10-12)22-18(25)16-8-3-9-17(24-16)19(26)23-15-7-2-5-13(21)11-15/h1-11H,(H,22,25)(H,23,26). The van der Waals surface area contributed by atoms with Crippen molar-refractivity contribution in [3.05, 3.63) is 89.8 Å². The maximum Gasteiger partial charge on any atom is 0.274 e. The van der Waals surface area contributed by atoms with Gasteiger partial charge in [0.15, 0.2) is 0 Å². The SMILES string of the molecule is O=C(Nc1cccc(F)c1)c1cccc(C(=O)Nc2cccc(F)c2)n1. The molecule has 0 aliphatic rings. The zero-order chi connectivity index (χ0) is 18.5. The first-order valence-electron chi connectivity index (χ1n) is 7.62. The molecule has 26 heavy (non-hydrogen) atoms. The molecule has 3 aromatic rings. The highest BCUT2D eigenvalue weighted by molar-refractivity contribution is 6.06. The summed E-state index contributed by atoms with van der Waals surface area (Å²) in [7, 11) is 0. The molecule has 0 saturated heterocycles. The average molecular weight is 353 g/mol. The fourth-order valence-electron chi connectivity index (χ4n) is 2.21. The lowest BCUT2D eigenvalue weighted by molar-refractivity contribution is 0.101. The number of carbonyl (C=O) groups excluding carboxylic acids is 2. The van der Waals surface area contributed by atoms with Crippen molar-refractivity contribution in [1.29, 1.82) is 0 Å². The molecule has 0 aliphatic carbocycles. The molecule has 0 radical (unpaired) electrons. The van der Waals surface area contributed by atoms with Crippen LogP contribution in [0.15, 0.2) is 66.7 Å². The number of nitrogens with one attached hydrogen (secondary N) is 2. The predicted molar refractivity (Wildman–Crippen MR) is 92.9 cm³/mol. The van der Waals surface area contributed by atoms with Crippen molar-refractivity contribution in [3.63, 3.8) is 0 Å². The van der Waals surface area contributed by atoms with Gasteiger partial charge in [0, 0.05) is 11.4 Å². The van der Waals surface area contributed by atoms with Gasteiger partial charge >= 0.3 is 0 Å². The Labute approximate surface area is 147 Å². The molecule has 1 heterocycles. The predicted octanol–water partition coefficient (Wildman–Crippen LogP) is 3.86. The van der Waals surface area contributed by atoms with E-state index in [0.717, 1.165) is 0 Å². The van der Waals surface area contributed by atoms with E-state index < -0.39 is 23.4 Å². The van der Waals surface area contributed by atoms with Crippen molar-refractivity contribution in [2.24, 2.45) is 0 Å². The molecule has 0 fully saturated rings. The smallest absolute Gasteiger partial charge is 0.274 e. The fourth-order valence-corrected chi connectivity index (χ4v) is 2.21. The van der Waals surface area contributed by atoms with Crippen molar-refractivity contribution >= 4 is 23.2 Å². The topological polar surface area (TPSA) is 71.1 Å². The first-order valence-corrected chi connectivity index (χ1v) is 7.62. The van der Waals surface area contributed by atoms with Crippen molar-refractivity contribution < 1.29 is 18.4 Å². The number of nitrogens with zero attached hydrogens (tertiary/aromatic N) is 1. The van der Waals surface area contributed by atoms with Crippen LogP contribution in [0.2, 0.25) is 0 Å². The lowest BCUT2D eigenvalue weighted by Crippen LogP contribution is -2.18. The third-order valence-electron chi connectivity index (χ3n) is 3.38. The molecular formula is C19H13F2N3O2. The lowest BCUT2D eigenvalue weighted by atomic mass is 10.2. The van der Waals surface area contributed by atoms with Crippen molar-refractivity contribution in [2.75, 3.05) is 10.6 Å². The molecule has 0 aliphatic heterocycles. The zero-order valence-electron chi connectivity index (χ0n) is 13.4. The van der Waals surface area contributed by atoms with E-state index in [4.69, 9.17) is 0 Å². The normalized spacial score (nSPS) is 10.2. The summed E-state index contributed by atoms with van der Waals surface area (Å²) in [5, 5.41) is 5.00. The second-order valence-corrected chi connectivity index (χ2v) is 5.34. The van der Waals surface area contributed by atoms with Gasteiger partial charge in [0.2, 0.25) is 0 Å². The van der Waals surface area contributed by atoms with Gasteiger partial charge in [-0.3, -0.25) is 9.59 Å². The number of hydrogen-bond acceptors (Lipinski definition) is 3.